The summed E-state index contributed by atoms with van der Waals surface area (Å²) in [6.45, 7) is 4.83. The lowest BCUT2D eigenvalue weighted by molar-refractivity contribution is 0.632. The van der Waals surface area contributed by atoms with E-state index < -0.39 is 0 Å². The standard InChI is InChI=1S/C41H29BN2/c1-41(2)30-20-12-21-32-38(30)44-39-31(41)23-24-13-6-7-16-26(24)35(39)36-28-18-9-8-17-27(28)34(37(42-32)40(36)44)29-19-10-11-22-33(29)43-25-14-4-3-5-15-25/h3-23,42-43H,1-2H3. The largest absolute Gasteiger partial charge is 0.355 e. The van der Waals surface area contributed by atoms with Gasteiger partial charge in [0.2, 0.25) is 0 Å². The highest BCUT2D eigenvalue weighted by Crippen LogP contribution is 2.52. The van der Waals surface area contributed by atoms with E-state index in [1.807, 2.05) is 0 Å². The average Bonchev–Trinajstić information content (AvgIpc) is 3.42. The molecular weight excluding hydrogens is 531 g/mol. The molecule has 206 valence electrons. The van der Waals surface area contributed by atoms with E-state index in [0.29, 0.717) is 0 Å². The van der Waals surface area contributed by atoms with Crippen molar-refractivity contribution in [2.45, 2.75) is 19.3 Å². The number of rotatable bonds is 3. The third kappa shape index (κ3) is 2.97. The fourth-order valence-electron chi connectivity index (χ4n) is 8.42. The van der Waals surface area contributed by atoms with Crippen molar-refractivity contribution in [3.63, 3.8) is 0 Å². The molecule has 0 amide bonds. The van der Waals surface area contributed by atoms with Crippen LogP contribution in [0.4, 0.5) is 11.4 Å². The van der Waals surface area contributed by atoms with Gasteiger partial charge in [0.15, 0.2) is 7.28 Å². The van der Waals surface area contributed by atoms with E-state index in [2.05, 4.69) is 151 Å². The zero-order valence-electron chi connectivity index (χ0n) is 24.8. The Morgan fingerprint density at radius 2 is 1.32 bits per heavy atom. The second-order valence-electron chi connectivity index (χ2n) is 13.0. The summed E-state index contributed by atoms with van der Waals surface area (Å²) < 4.78 is 2.66. The van der Waals surface area contributed by atoms with Gasteiger partial charge in [-0.15, -0.1) is 0 Å². The molecule has 0 saturated heterocycles. The van der Waals surface area contributed by atoms with Gasteiger partial charge in [0.05, 0.1) is 5.52 Å². The molecule has 2 aliphatic heterocycles. The van der Waals surface area contributed by atoms with E-state index in [0.717, 1.165) is 18.7 Å². The van der Waals surface area contributed by atoms with Gasteiger partial charge in [-0.25, -0.2) is 0 Å². The van der Waals surface area contributed by atoms with Gasteiger partial charge in [-0.1, -0.05) is 122 Å². The first-order valence-corrected chi connectivity index (χ1v) is 15.6. The van der Waals surface area contributed by atoms with Crippen LogP contribution in [0.1, 0.15) is 25.0 Å². The van der Waals surface area contributed by atoms with E-state index in [-0.39, 0.29) is 5.41 Å². The van der Waals surface area contributed by atoms with Crippen LogP contribution in [-0.2, 0) is 5.41 Å². The third-order valence-electron chi connectivity index (χ3n) is 10.3. The minimum atomic E-state index is -0.111. The number of hydrogen-bond donors (Lipinski definition) is 1. The van der Waals surface area contributed by atoms with E-state index in [4.69, 9.17) is 0 Å². The number of aromatic nitrogens is 1. The number of benzene rings is 7. The number of para-hydroxylation sites is 3. The molecule has 3 heterocycles. The van der Waals surface area contributed by atoms with Crippen molar-refractivity contribution in [1.82, 2.24) is 4.57 Å². The lowest BCUT2D eigenvalue weighted by Gasteiger charge is -2.38. The Morgan fingerprint density at radius 3 is 2.18 bits per heavy atom. The van der Waals surface area contributed by atoms with Crippen LogP contribution in [0.5, 0.6) is 0 Å². The highest BCUT2D eigenvalue weighted by Gasteiger charge is 2.40. The normalized spacial score (nSPS) is 14.0. The van der Waals surface area contributed by atoms with Crippen molar-refractivity contribution in [2.24, 2.45) is 0 Å². The summed E-state index contributed by atoms with van der Waals surface area (Å²) >= 11 is 0. The molecule has 0 fully saturated rings. The number of nitrogens with one attached hydrogen (secondary N) is 1. The zero-order chi connectivity index (χ0) is 29.2. The molecule has 7 aromatic carbocycles. The first-order valence-electron chi connectivity index (χ1n) is 15.6. The molecule has 0 unspecified atom stereocenters. The Morgan fingerprint density at radius 1 is 0.614 bits per heavy atom. The minimum absolute atomic E-state index is 0.111. The number of anilines is 2. The molecule has 1 N–H and O–H groups in total. The van der Waals surface area contributed by atoms with Crippen LogP contribution in [0.15, 0.2) is 127 Å². The molecule has 0 atom stereocenters. The molecular formula is C41H29BN2. The highest BCUT2D eigenvalue weighted by atomic mass is 15.0. The van der Waals surface area contributed by atoms with E-state index in [9.17, 15) is 0 Å². The van der Waals surface area contributed by atoms with Crippen molar-refractivity contribution in [3.8, 4) is 16.8 Å². The molecule has 8 aromatic rings. The van der Waals surface area contributed by atoms with Crippen LogP contribution in [-0.4, -0.2) is 11.8 Å². The molecule has 1 aromatic heterocycles. The van der Waals surface area contributed by atoms with Gasteiger partial charge in [0.25, 0.3) is 0 Å². The summed E-state index contributed by atoms with van der Waals surface area (Å²) in [6, 6.07) is 46.9. The minimum Gasteiger partial charge on any atom is -0.355 e. The van der Waals surface area contributed by atoms with E-state index >= 15 is 0 Å². The molecule has 2 nitrogen and oxygen atoms in total. The van der Waals surface area contributed by atoms with Crippen molar-refractivity contribution < 1.29 is 0 Å². The Labute approximate surface area is 256 Å². The van der Waals surface area contributed by atoms with Crippen LogP contribution in [0.2, 0.25) is 0 Å². The molecule has 0 bridgehead atoms. The quantitative estimate of drug-likeness (QED) is 0.214. The van der Waals surface area contributed by atoms with E-state index in [1.165, 1.54) is 82.2 Å². The summed E-state index contributed by atoms with van der Waals surface area (Å²) in [7, 11) is 0.902. The van der Waals surface area contributed by atoms with Crippen molar-refractivity contribution in [3.05, 3.63) is 139 Å². The maximum absolute atomic E-state index is 3.76. The Balaban J connectivity index is 1.45. The average molecular weight is 561 g/mol. The maximum Gasteiger partial charge on any atom is 0.198 e. The maximum atomic E-state index is 3.76. The summed E-state index contributed by atoms with van der Waals surface area (Å²) in [4.78, 5) is 0. The van der Waals surface area contributed by atoms with Gasteiger partial charge < -0.3 is 9.88 Å². The number of nitrogens with zero attached hydrogens (tertiary/aromatic N) is 1. The topological polar surface area (TPSA) is 17.0 Å². The Bertz CT molecular complexity index is 2520. The van der Waals surface area contributed by atoms with Crippen LogP contribution in [0, 0.1) is 0 Å². The second-order valence-corrected chi connectivity index (χ2v) is 13.0. The fraction of sp³-hybridized carbons (Fsp3) is 0.0732. The first-order chi connectivity index (χ1) is 21.6. The van der Waals surface area contributed by atoms with Gasteiger partial charge in [-0.3, -0.25) is 0 Å². The van der Waals surface area contributed by atoms with E-state index in [1.54, 1.807) is 0 Å². The number of hydrogen-bond acceptors (Lipinski definition) is 1. The molecule has 0 saturated carbocycles. The van der Waals surface area contributed by atoms with Crippen LogP contribution in [0.25, 0.3) is 60.2 Å². The van der Waals surface area contributed by atoms with Gasteiger partial charge in [-0.05, 0) is 68.0 Å². The zero-order valence-corrected chi connectivity index (χ0v) is 24.8. The van der Waals surface area contributed by atoms with Crippen LogP contribution in [0.3, 0.4) is 0 Å². The molecule has 10 rings (SSSR count). The third-order valence-corrected chi connectivity index (χ3v) is 10.3. The van der Waals surface area contributed by atoms with Gasteiger partial charge in [0, 0.05) is 44.3 Å². The predicted molar refractivity (Wildman–Crippen MR) is 189 cm³/mol. The molecule has 44 heavy (non-hydrogen) atoms. The number of fused-ring (bicyclic) bond motifs is 5. The molecule has 0 aliphatic carbocycles. The van der Waals surface area contributed by atoms with Gasteiger partial charge in [0.1, 0.15) is 0 Å². The molecule has 2 aliphatic rings. The van der Waals surface area contributed by atoms with Gasteiger partial charge >= 0.3 is 0 Å². The summed E-state index contributed by atoms with van der Waals surface area (Å²) in [5.74, 6) is 0. The summed E-state index contributed by atoms with van der Waals surface area (Å²) in [6.07, 6.45) is 0. The summed E-state index contributed by atoms with van der Waals surface area (Å²) in [5, 5.41) is 11.8. The smallest absolute Gasteiger partial charge is 0.198 e. The molecule has 0 radical (unpaired) electrons. The fourth-order valence-corrected chi connectivity index (χ4v) is 8.42. The lowest BCUT2D eigenvalue weighted by atomic mass is 9.57. The first kappa shape index (κ1) is 24.2. The van der Waals surface area contributed by atoms with Crippen LogP contribution >= 0.6 is 0 Å². The highest BCUT2D eigenvalue weighted by molar-refractivity contribution is 6.74. The van der Waals surface area contributed by atoms with Crippen molar-refractivity contribution >= 4 is 72.9 Å². The Hall–Kier alpha value is -5.28. The van der Waals surface area contributed by atoms with Crippen molar-refractivity contribution in [2.75, 3.05) is 5.32 Å². The van der Waals surface area contributed by atoms with Gasteiger partial charge in [-0.2, -0.15) is 0 Å². The lowest BCUT2D eigenvalue weighted by Crippen LogP contribution is -2.41. The van der Waals surface area contributed by atoms with Crippen molar-refractivity contribution in [1.29, 1.82) is 0 Å². The second kappa shape index (κ2) is 8.42. The molecule has 3 heteroatoms. The SMILES string of the molecule is CC1(C)c2cccc3c2-n2c4c1cc1ccccc1c4c1c4ccccc4c(-c4ccccc4Nc4ccccc4)c(c12)B3. The molecule has 0 spiro atoms. The predicted octanol–water partition coefficient (Wildman–Crippen LogP) is 8.84. The summed E-state index contributed by atoms with van der Waals surface area (Å²) in [5.41, 5.74) is 14.5. The van der Waals surface area contributed by atoms with Crippen LogP contribution < -0.4 is 16.2 Å². The monoisotopic (exact) mass is 560 g/mol. The Kier molecular flexibility index (Phi) is 4.63.